The molecule has 54 heavy (non-hydrogen) atoms. The minimum Gasteiger partial charge on any atom is -0.744 e. The summed E-state index contributed by atoms with van der Waals surface area (Å²) in [7, 11) is -8.95. The molecule has 0 spiro atoms. The Morgan fingerprint density at radius 3 is 0.796 bits per heavy atom. The number of unbranched alkanes of at least 4 members (excludes halogenated alkanes) is 21. The molecule has 0 bridgehead atoms. The summed E-state index contributed by atoms with van der Waals surface area (Å²) < 4.78 is 69.3. The van der Waals surface area contributed by atoms with E-state index in [1.807, 2.05) is 24.3 Å². The van der Waals surface area contributed by atoms with Crippen molar-refractivity contribution < 1.29 is 85.1 Å². The van der Waals surface area contributed by atoms with Crippen molar-refractivity contribution >= 4 is 20.2 Å². The van der Waals surface area contributed by atoms with Crippen LogP contribution in [0.15, 0.2) is 58.3 Å². The molecule has 6 nitrogen and oxygen atoms in total. The first-order valence-electron chi connectivity index (χ1n) is 21.2. The summed E-state index contributed by atoms with van der Waals surface area (Å²) in [6.45, 7) is 4.51. The molecule has 0 heterocycles. The van der Waals surface area contributed by atoms with Gasteiger partial charge in [-0.2, -0.15) is 0 Å². The Hall–Kier alpha value is 0.260. The van der Waals surface area contributed by atoms with Gasteiger partial charge in [0.25, 0.3) is 0 Å². The smallest absolute Gasteiger partial charge is 0.744 e. The van der Waals surface area contributed by atoms with Crippen LogP contribution < -0.4 is 59.1 Å². The SMILES string of the molecule is CCCCCCCCCCCCCC(CCCCC(CCCCCCCCCCCCC)c1ccc(S(=O)(=O)[O-])cc1)c1ccc(S(=O)(=O)[O-])cc1.[Na+].[Na+]. The molecule has 298 valence electrons. The first kappa shape index (κ1) is 54.3. The Balaban J connectivity index is 0.0000140. The molecule has 0 amide bonds. The fourth-order valence-corrected chi connectivity index (χ4v) is 8.60. The van der Waals surface area contributed by atoms with Crippen LogP contribution >= 0.6 is 0 Å². The summed E-state index contributed by atoms with van der Waals surface area (Å²) >= 11 is 0. The molecule has 2 atom stereocenters. The van der Waals surface area contributed by atoms with Crippen molar-refractivity contribution in [2.45, 2.75) is 215 Å². The van der Waals surface area contributed by atoms with E-state index in [2.05, 4.69) is 13.8 Å². The largest absolute Gasteiger partial charge is 1.00 e. The van der Waals surface area contributed by atoms with Gasteiger partial charge in [0, 0.05) is 0 Å². The van der Waals surface area contributed by atoms with E-state index in [1.165, 1.54) is 153 Å². The molecule has 0 N–H and O–H groups in total. The van der Waals surface area contributed by atoms with Crippen molar-refractivity contribution in [1.82, 2.24) is 0 Å². The maximum Gasteiger partial charge on any atom is 1.00 e. The van der Waals surface area contributed by atoms with Crippen molar-refractivity contribution in [3.05, 3.63) is 59.7 Å². The fourth-order valence-electron chi connectivity index (χ4n) is 7.66. The van der Waals surface area contributed by atoms with Crippen LogP contribution in [0.25, 0.3) is 0 Å². The first-order valence-corrected chi connectivity index (χ1v) is 24.0. The van der Waals surface area contributed by atoms with Gasteiger partial charge in [0.1, 0.15) is 20.2 Å². The Morgan fingerprint density at radius 1 is 0.370 bits per heavy atom. The Labute approximate surface area is 376 Å². The third-order valence-electron chi connectivity index (χ3n) is 10.9. The summed E-state index contributed by atoms with van der Waals surface area (Å²) in [6.07, 6.45) is 34.7. The molecule has 0 fully saturated rings. The Morgan fingerprint density at radius 2 is 0.574 bits per heavy atom. The molecule has 0 radical (unpaired) electrons. The van der Waals surface area contributed by atoms with E-state index < -0.39 is 20.2 Å². The summed E-state index contributed by atoms with van der Waals surface area (Å²) in [5.41, 5.74) is 2.21. The Bertz CT molecular complexity index is 1280. The zero-order valence-electron chi connectivity index (χ0n) is 34.8. The zero-order valence-corrected chi connectivity index (χ0v) is 40.5. The molecule has 0 aliphatic heterocycles. The zero-order chi connectivity index (χ0) is 37.9. The van der Waals surface area contributed by atoms with Crippen molar-refractivity contribution in [3.8, 4) is 0 Å². The van der Waals surface area contributed by atoms with Crippen LogP contribution in [0.4, 0.5) is 0 Å². The average molecular weight is 807 g/mol. The van der Waals surface area contributed by atoms with Crippen LogP contribution in [0.5, 0.6) is 0 Å². The molecular formula is C44H72Na2O6S2. The van der Waals surface area contributed by atoms with Crippen LogP contribution in [-0.4, -0.2) is 25.9 Å². The molecule has 2 unspecified atom stereocenters. The van der Waals surface area contributed by atoms with Gasteiger partial charge < -0.3 is 9.11 Å². The first-order chi connectivity index (χ1) is 25.1. The van der Waals surface area contributed by atoms with Crippen LogP contribution in [-0.2, 0) is 20.2 Å². The normalized spacial score (nSPS) is 12.9. The van der Waals surface area contributed by atoms with Gasteiger partial charge in [-0.25, -0.2) is 16.8 Å². The monoisotopic (exact) mass is 806 g/mol. The van der Waals surface area contributed by atoms with Gasteiger partial charge in [0.2, 0.25) is 0 Å². The van der Waals surface area contributed by atoms with Crippen LogP contribution in [0.1, 0.15) is 217 Å². The third kappa shape index (κ3) is 25.6. The molecule has 2 rings (SSSR count). The summed E-state index contributed by atoms with van der Waals surface area (Å²) in [6, 6.07) is 13.1. The minimum atomic E-state index is -4.47. The minimum absolute atomic E-state index is 0. The van der Waals surface area contributed by atoms with Crippen LogP contribution in [0, 0.1) is 0 Å². The maximum absolute atomic E-state index is 11.6. The van der Waals surface area contributed by atoms with Gasteiger partial charge in [-0.3, -0.25) is 0 Å². The number of hydrogen-bond donors (Lipinski definition) is 0. The van der Waals surface area contributed by atoms with E-state index >= 15 is 0 Å². The number of rotatable bonds is 33. The predicted octanol–water partition coefficient (Wildman–Crippen LogP) is 7.33. The van der Waals surface area contributed by atoms with Crippen molar-refractivity contribution in [1.29, 1.82) is 0 Å². The number of hydrogen-bond acceptors (Lipinski definition) is 6. The van der Waals surface area contributed by atoms with Gasteiger partial charge in [-0.1, -0.05) is 192 Å². The molecule has 0 saturated carbocycles. The predicted molar refractivity (Wildman–Crippen MR) is 215 cm³/mol. The van der Waals surface area contributed by atoms with Crippen molar-refractivity contribution in [2.24, 2.45) is 0 Å². The van der Waals surface area contributed by atoms with Gasteiger partial charge >= 0.3 is 59.1 Å². The maximum atomic E-state index is 11.6. The summed E-state index contributed by atoms with van der Waals surface area (Å²) in [5.74, 6) is 0.627. The van der Waals surface area contributed by atoms with E-state index in [4.69, 9.17) is 0 Å². The van der Waals surface area contributed by atoms with Crippen LogP contribution in [0.2, 0.25) is 0 Å². The summed E-state index contributed by atoms with van der Waals surface area (Å²) in [4.78, 5) is -0.350. The van der Waals surface area contributed by atoms with E-state index in [0.717, 1.165) is 62.5 Å². The van der Waals surface area contributed by atoms with Crippen LogP contribution in [0.3, 0.4) is 0 Å². The van der Waals surface area contributed by atoms with E-state index in [0.29, 0.717) is 11.8 Å². The average Bonchev–Trinajstić information content (AvgIpc) is 3.12. The molecule has 2 aromatic rings. The van der Waals surface area contributed by atoms with E-state index in [1.54, 1.807) is 0 Å². The molecular weight excluding hydrogens is 735 g/mol. The number of benzene rings is 2. The second-order valence-corrected chi connectivity index (χ2v) is 18.1. The molecule has 2 aromatic carbocycles. The second-order valence-electron chi connectivity index (χ2n) is 15.4. The van der Waals surface area contributed by atoms with Gasteiger partial charge in [0.05, 0.1) is 9.79 Å². The second kappa shape index (κ2) is 33.1. The topological polar surface area (TPSA) is 114 Å². The van der Waals surface area contributed by atoms with Gasteiger partial charge in [-0.15, -0.1) is 0 Å². The standard InChI is InChI=1S/C44H74O6S2.2Na/c1-3-5-7-9-11-13-15-17-19-21-23-27-39(41-31-35-43(36-32-41)51(45,46)47)29-25-26-30-40(42-33-37-44(38-34-42)52(48,49)50)28-24-22-20-18-16-14-12-10-8-6-4-2;;/h31-40H,3-30H2,1-2H3,(H,45,46,47)(H,48,49,50);;/q;2*+1/p-2. The van der Waals surface area contributed by atoms with Gasteiger partial charge in [0.15, 0.2) is 0 Å². The molecule has 10 heteroatoms. The van der Waals surface area contributed by atoms with Gasteiger partial charge in [-0.05, 0) is 72.9 Å². The molecule has 0 aliphatic rings. The molecule has 0 aliphatic carbocycles. The van der Waals surface area contributed by atoms with E-state index in [-0.39, 0.29) is 68.9 Å². The Kier molecular flexibility index (Phi) is 33.3. The fraction of sp³-hybridized carbons (Fsp3) is 0.727. The van der Waals surface area contributed by atoms with E-state index in [9.17, 15) is 25.9 Å². The third-order valence-corrected chi connectivity index (χ3v) is 12.6. The molecule has 0 aromatic heterocycles. The van der Waals surface area contributed by atoms with Crippen molar-refractivity contribution in [3.63, 3.8) is 0 Å². The van der Waals surface area contributed by atoms with Crippen molar-refractivity contribution in [2.75, 3.05) is 0 Å². The summed E-state index contributed by atoms with van der Waals surface area (Å²) in [5, 5.41) is 0. The quantitative estimate of drug-likeness (QED) is 0.0424. The molecule has 0 saturated heterocycles.